The summed E-state index contributed by atoms with van der Waals surface area (Å²) in [5.41, 5.74) is 3.37. The summed E-state index contributed by atoms with van der Waals surface area (Å²) in [6, 6.07) is 0. The van der Waals surface area contributed by atoms with Crippen molar-refractivity contribution in [3.05, 3.63) is 25.3 Å². The van der Waals surface area contributed by atoms with Gasteiger partial charge in [0.2, 0.25) is 0 Å². The Morgan fingerprint density at radius 1 is 0.708 bits per heavy atom. The number of thioether (sulfide) groups is 2. The molecule has 4 rings (SSSR count). The molecule has 4 aromatic rings. The molecule has 4 aromatic heterocycles. The molecule has 0 unspecified atom stereocenters. The fourth-order valence-corrected chi connectivity index (χ4v) is 3.54. The van der Waals surface area contributed by atoms with Crippen LogP contribution in [0.2, 0.25) is 0 Å². The molecule has 0 N–H and O–H groups in total. The summed E-state index contributed by atoms with van der Waals surface area (Å²) in [6.07, 6.45) is 10.7. The second kappa shape index (κ2) is 6.36. The minimum atomic E-state index is 0.728. The standard InChI is InChI=1S/C14H14N8S2/c1-23-13-9-11(15-5-17-13)21(7-19-9)3-4-22-8-20-10-12(22)16-6-18-14(10)24-2/h5-8H,3-4H2,1-2H3. The molecule has 0 fully saturated rings. The lowest BCUT2D eigenvalue weighted by Gasteiger charge is -2.06. The minimum absolute atomic E-state index is 0.728. The van der Waals surface area contributed by atoms with Gasteiger partial charge in [-0.05, 0) is 12.5 Å². The molecule has 0 aliphatic rings. The third kappa shape index (κ3) is 2.51. The summed E-state index contributed by atoms with van der Waals surface area (Å²) in [5, 5.41) is 1.79. The number of imidazole rings is 2. The smallest absolute Gasteiger partial charge is 0.164 e. The Labute approximate surface area is 146 Å². The molecule has 0 spiro atoms. The lowest BCUT2D eigenvalue weighted by atomic mass is 10.5. The van der Waals surface area contributed by atoms with Gasteiger partial charge in [-0.3, -0.25) is 0 Å². The van der Waals surface area contributed by atoms with E-state index >= 15 is 0 Å². The monoisotopic (exact) mass is 358 g/mol. The van der Waals surface area contributed by atoms with Crippen molar-refractivity contribution in [2.75, 3.05) is 12.5 Å². The molecule has 4 heterocycles. The molecular formula is C14H14N8S2. The zero-order valence-corrected chi connectivity index (χ0v) is 14.8. The Hall–Kier alpha value is -2.20. The fourth-order valence-electron chi connectivity index (χ4n) is 2.56. The molecular weight excluding hydrogens is 344 g/mol. The first-order chi connectivity index (χ1) is 11.8. The lowest BCUT2D eigenvalue weighted by molar-refractivity contribution is 0.594. The van der Waals surface area contributed by atoms with Crippen LogP contribution in [0.1, 0.15) is 0 Å². The first-order valence-electron chi connectivity index (χ1n) is 7.21. The molecule has 0 bridgehead atoms. The Morgan fingerprint density at radius 2 is 1.17 bits per heavy atom. The van der Waals surface area contributed by atoms with Crippen molar-refractivity contribution in [1.29, 1.82) is 0 Å². The quantitative estimate of drug-likeness (QED) is 0.396. The highest BCUT2D eigenvalue weighted by atomic mass is 32.2. The van der Waals surface area contributed by atoms with E-state index in [-0.39, 0.29) is 0 Å². The Morgan fingerprint density at radius 3 is 1.58 bits per heavy atom. The van der Waals surface area contributed by atoms with E-state index in [1.807, 2.05) is 21.6 Å². The van der Waals surface area contributed by atoms with E-state index in [0.29, 0.717) is 0 Å². The number of rotatable bonds is 5. The third-order valence-corrected chi connectivity index (χ3v) is 5.07. The largest absolute Gasteiger partial charge is 0.313 e. The van der Waals surface area contributed by atoms with Crippen LogP contribution < -0.4 is 0 Å². The first kappa shape index (κ1) is 15.3. The number of aromatic nitrogens is 8. The molecule has 24 heavy (non-hydrogen) atoms. The number of aryl methyl sites for hydroxylation is 2. The van der Waals surface area contributed by atoms with Crippen LogP contribution in [0.5, 0.6) is 0 Å². The molecule has 0 aromatic carbocycles. The van der Waals surface area contributed by atoms with Gasteiger partial charge in [0.25, 0.3) is 0 Å². The van der Waals surface area contributed by atoms with Crippen molar-refractivity contribution in [3.63, 3.8) is 0 Å². The van der Waals surface area contributed by atoms with Crippen LogP contribution in [-0.4, -0.2) is 51.5 Å². The minimum Gasteiger partial charge on any atom is -0.313 e. The first-order valence-corrected chi connectivity index (χ1v) is 9.66. The summed E-state index contributed by atoms with van der Waals surface area (Å²) in [7, 11) is 0. The van der Waals surface area contributed by atoms with E-state index < -0.39 is 0 Å². The summed E-state index contributed by atoms with van der Waals surface area (Å²) in [4.78, 5) is 26.1. The van der Waals surface area contributed by atoms with Crippen LogP contribution in [0.25, 0.3) is 22.3 Å². The van der Waals surface area contributed by atoms with E-state index in [1.165, 1.54) is 0 Å². The number of hydrogen-bond acceptors (Lipinski definition) is 8. The highest BCUT2D eigenvalue weighted by molar-refractivity contribution is 7.99. The molecule has 0 amide bonds. The molecule has 8 nitrogen and oxygen atoms in total. The Balaban J connectivity index is 1.64. The number of fused-ring (bicyclic) bond motifs is 2. The maximum atomic E-state index is 4.44. The van der Waals surface area contributed by atoms with E-state index in [1.54, 1.807) is 48.8 Å². The molecule has 122 valence electrons. The van der Waals surface area contributed by atoms with E-state index in [9.17, 15) is 0 Å². The highest BCUT2D eigenvalue weighted by Gasteiger charge is 2.12. The molecule has 0 saturated carbocycles. The lowest BCUT2D eigenvalue weighted by Crippen LogP contribution is -2.07. The van der Waals surface area contributed by atoms with Crippen LogP contribution in [0.15, 0.2) is 35.4 Å². The zero-order valence-electron chi connectivity index (χ0n) is 13.1. The highest BCUT2D eigenvalue weighted by Crippen LogP contribution is 2.22. The number of hydrogen-bond donors (Lipinski definition) is 0. The summed E-state index contributed by atoms with van der Waals surface area (Å²) in [5.74, 6) is 0. The van der Waals surface area contributed by atoms with Crippen molar-refractivity contribution in [3.8, 4) is 0 Å². The Bertz CT molecular complexity index is 927. The van der Waals surface area contributed by atoms with Gasteiger partial charge >= 0.3 is 0 Å². The van der Waals surface area contributed by atoms with E-state index in [4.69, 9.17) is 0 Å². The summed E-state index contributed by atoms with van der Waals surface area (Å²) in [6.45, 7) is 1.46. The van der Waals surface area contributed by atoms with Crippen molar-refractivity contribution in [2.45, 2.75) is 23.1 Å². The van der Waals surface area contributed by atoms with E-state index in [2.05, 4.69) is 29.9 Å². The second-order valence-corrected chi connectivity index (χ2v) is 6.58. The summed E-state index contributed by atoms with van der Waals surface area (Å²) < 4.78 is 4.05. The van der Waals surface area contributed by atoms with Crippen LogP contribution in [0.4, 0.5) is 0 Å². The van der Waals surface area contributed by atoms with Crippen molar-refractivity contribution < 1.29 is 0 Å². The molecule has 10 heteroatoms. The maximum absolute atomic E-state index is 4.44. The van der Waals surface area contributed by atoms with Gasteiger partial charge in [0, 0.05) is 13.1 Å². The molecule has 0 atom stereocenters. The van der Waals surface area contributed by atoms with Gasteiger partial charge in [0.15, 0.2) is 11.3 Å². The van der Waals surface area contributed by atoms with Crippen LogP contribution in [-0.2, 0) is 13.1 Å². The van der Waals surface area contributed by atoms with Gasteiger partial charge in [-0.25, -0.2) is 29.9 Å². The van der Waals surface area contributed by atoms with Gasteiger partial charge in [0.1, 0.15) is 33.7 Å². The van der Waals surface area contributed by atoms with Crippen molar-refractivity contribution in [2.24, 2.45) is 0 Å². The molecule has 0 radical (unpaired) electrons. The number of nitrogens with zero attached hydrogens (tertiary/aromatic N) is 8. The molecule has 0 aliphatic carbocycles. The van der Waals surface area contributed by atoms with Gasteiger partial charge in [-0.15, -0.1) is 23.5 Å². The molecule has 0 saturated heterocycles. The summed E-state index contributed by atoms with van der Waals surface area (Å²) >= 11 is 3.14. The van der Waals surface area contributed by atoms with Crippen LogP contribution >= 0.6 is 23.5 Å². The SMILES string of the molecule is CSc1ncnc2c1ncn2CCn1cnc2c(SC)ncnc21. The van der Waals surface area contributed by atoms with Gasteiger partial charge in [-0.1, -0.05) is 0 Å². The van der Waals surface area contributed by atoms with Gasteiger partial charge in [0.05, 0.1) is 12.7 Å². The Kier molecular flexibility index (Phi) is 4.07. The average Bonchev–Trinajstić information content (AvgIpc) is 3.23. The van der Waals surface area contributed by atoms with Crippen molar-refractivity contribution in [1.82, 2.24) is 39.0 Å². The topological polar surface area (TPSA) is 87.2 Å². The second-order valence-electron chi connectivity index (χ2n) is 4.99. The molecule has 0 aliphatic heterocycles. The third-order valence-electron chi connectivity index (χ3n) is 3.70. The van der Waals surface area contributed by atoms with E-state index in [0.717, 1.165) is 45.5 Å². The van der Waals surface area contributed by atoms with Crippen LogP contribution in [0.3, 0.4) is 0 Å². The normalized spacial score (nSPS) is 11.6. The van der Waals surface area contributed by atoms with Crippen LogP contribution in [0, 0.1) is 0 Å². The van der Waals surface area contributed by atoms with Gasteiger partial charge < -0.3 is 9.13 Å². The zero-order chi connectivity index (χ0) is 16.5. The average molecular weight is 358 g/mol. The van der Waals surface area contributed by atoms with Gasteiger partial charge in [-0.2, -0.15) is 0 Å². The predicted octanol–water partition coefficient (Wildman–Crippen LogP) is 2.11. The van der Waals surface area contributed by atoms with Crippen molar-refractivity contribution >= 4 is 45.9 Å². The maximum Gasteiger partial charge on any atom is 0.164 e. The predicted molar refractivity (Wildman–Crippen MR) is 94.2 cm³/mol. The fraction of sp³-hybridized carbons (Fsp3) is 0.286.